The van der Waals surface area contributed by atoms with Crippen molar-refractivity contribution in [1.82, 2.24) is 9.29 Å². The van der Waals surface area contributed by atoms with Crippen molar-refractivity contribution >= 4 is 37.3 Å². The number of hydrogen-bond acceptors (Lipinski definition) is 5. The number of thiazole rings is 1. The Bertz CT molecular complexity index is 681. The lowest BCUT2D eigenvalue weighted by Crippen LogP contribution is -2.30. The third-order valence-electron chi connectivity index (χ3n) is 3.22. The Morgan fingerprint density at radius 3 is 3.11 bits per heavy atom. The third-order valence-corrected chi connectivity index (χ3v) is 5.99. The maximum absolute atomic E-state index is 11.6. The number of rotatable bonds is 4. The van der Waals surface area contributed by atoms with Gasteiger partial charge in [0.05, 0.1) is 21.5 Å². The molecule has 0 saturated carbocycles. The summed E-state index contributed by atoms with van der Waals surface area (Å²) in [7, 11) is -2.98. The van der Waals surface area contributed by atoms with Gasteiger partial charge in [0.25, 0.3) is 0 Å². The van der Waals surface area contributed by atoms with E-state index in [0.717, 1.165) is 22.3 Å². The van der Waals surface area contributed by atoms with Gasteiger partial charge in [0.1, 0.15) is 0 Å². The summed E-state index contributed by atoms with van der Waals surface area (Å²) < 4.78 is 26.0. The van der Waals surface area contributed by atoms with E-state index in [1.807, 2.05) is 23.7 Å². The molecule has 1 aromatic carbocycles. The SMILES string of the molecule is O=S1(=O)CCCN1CCNc1ccc2scnc2c1. The summed E-state index contributed by atoms with van der Waals surface area (Å²) in [6, 6.07) is 6.02. The molecule has 1 N–H and O–H groups in total. The van der Waals surface area contributed by atoms with E-state index in [9.17, 15) is 8.42 Å². The molecule has 2 aromatic rings. The second-order valence-corrected chi connectivity index (χ2v) is 7.51. The normalized spacial score (nSPS) is 18.9. The van der Waals surface area contributed by atoms with Crippen molar-refractivity contribution in [3.8, 4) is 0 Å². The summed E-state index contributed by atoms with van der Waals surface area (Å²) in [5.74, 6) is 0.289. The van der Waals surface area contributed by atoms with Gasteiger partial charge >= 0.3 is 0 Å². The summed E-state index contributed by atoms with van der Waals surface area (Å²) >= 11 is 1.61. The number of hydrogen-bond donors (Lipinski definition) is 1. The van der Waals surface area contributed by atoms with Gasteiger partial charge in [0.15, 0.2) is 0 Å². The molecule has 0 spiro atoms. The molecule has 1 aliphatic rings. The van der Waals surface area contributed by atoms with E-state index in [4.69, 9.17) is 0 Å². The zero-order valence-corrected chi connectivity index (χ0v) is 12.0. The second kappa shape index (κ2) is 5.07. The van der Waals surface area contributed by atoms with Crippen LogP contribution >= 0.6 is 11.3 Å². The van der Waals surface area contributed by atoms with Gasteiger partial charge in [0.2, 0.25) is 10.0 Å². The standard InChI is InChI=1S/C12H15N3O2S2/c16-19(17)7-1-5-15(19)6-4-13-10-2-3-12-11(8-10)14-9-18-12/h2-3,8-9,13H,1,4-7H2. The maximum atomic E-state index is 11.6. The van der Waals surface area contributed by atoms with Crippen molar-refractivity contribution in [1.29, 1.82) is 0 Å². The second-order valence-electron chi connectivity index (χ2n) is 4.53. The summed E-state index contributed by atoms with van der Waals surface area (Å²) in [5.41, 5.74) is 3.78. The lowest BCUT2D eigenvalue weighted by atomic mass is 10.3. The Morgan fingerprint density at radius 2 is 2.32 bits per heavy atom. The largest absolute Gasteiger partial charge is 0.384 e. The molecule has 3 rings (SSSR count). The van der Waals surface area contributed by atoms with Gasteiger partial charge in [-0.2, -0.15) is 0 Å². The predicted octanol–water partition coefficient (Wildman–Crippen LogP) is 1.74. The van der Waals surface area contributed by atoms with E-state index in [0.29, 0.717) is 19.6 Å². The molecular weight excluding hydrogens is 282 g/mol. The van der Waals surface area contributed by atoms with Gasteiger partial charge in [-0.3, -0.25) is 0 Å². The fourth-order valence-electron chi connectivity index (χ4n) is 2.24. The van der Waals surface area contributed by atoms with E-state index in [1.165, 1.54) is 0 Å². The Kier molecular flexibility index (Phi) is 3.42. The molecule has 1 aliphatic heterocycles. The first-order chi connectivity index (χ1) is 9.15. The van der Waals surface area contributed by atoms with Crippen LogP contribution in [0.25, 0.3) is 10.2 Å². The van der Waals surface area contributed by atoms with Crippen molar-refractivity contribution in [2.75, 3.05) is 30.7 Å². The maximum Gasteiger partial charge on any atom is 0.214 e. The van der Waals surface area contributed by atoms with Crippen LogP contribution in [0.2, 0.25) is 0 Å². The minimum atomic E-state index is -2.98. The van der Waals surface area contributed by atoms with E-state index < -0.39 is 10.0 Å². The van der Waals surface area contributed by atoms with Crippen LogP contribution in [0.5, 0.6) is 0 Å². The quantitative estimate of drug-likeness (QED) is 0.934. The lowest BCUT2D eigenvalue weighted by molar-refractivity contribution is 0.456. The van der Waals surface area contributed by atoms with E-state index >= 15 is 0 Å². The molecule has 0 atom stereocenters. The first-order valence-corrected chi connectivity index (χ1v) is 8.69. The van der Waals surface area contributed by atoms with Crippen LogP contribution in [0.1, 0.15) is 6.42 Å². The molecule has 0 radical (unpaired) electrons. The van der Waals surface area contributed by atoms with Gasteiger partial charge in [-0.25, -0.2) is 17.7 Å². The first kappa shape index (κ1) is 12.8. The summed E-state index contributed by atoms with van der Waals surface area (Å²) in [5, 5.41) is 3.25. The van der Waals surface area contributed by atoms with Crippen LogP contribution < -0.4 is 5.32 Å². The Morgan fingerprint density at radius 1 is 1.42 bits per heavy atom. The Balaban J connectivity index is 1.60. The molecule has 1 fully saturated rings. The number of aromatic nitrogens is 1. The van der Waals surface area contributed by atoms with E-state index in [-0.39, 0.29) is 5.75 Å². The fourth-order valence-corrected chi connectivity index (χ4v) is 4.42. The molecule has 1 aromatic heterocycles. The molecule has 0 unspecified atom stereocenters. The summed E-state index contributed by atoms with van der Waals surface area (Å²) in [4.78, 5) is 4.26. The van der Waals surface area contributed by atoms with Crippen LogP contribution in [-0.2, 0) is 10.0 Å². The minimum Gasteiger partial charge on any atom is -0.384 e. The van der Waals surface area contributed by atoms with Crippen LogP contribution in [0.4, 0.5) is 5.69 Å². The molecule has 19 heavy (non-hydrogen) atoms. The highest BCUT2D eigenvalue weighted by molar-refractivity contribution is 7.89. The van der Waals surface area contributed by atoms with Gasteiger partial charge in [-0.05, 0) is 24.6 Å². The zero-order valence-electron chi connectivity index (χ0n) is 10.4. The van der Waals surface area contributed by atoms with Gasteiger partial charge in [-0.1, -0.05) is 0 Å². The van der Waals surface area contributed by atoms with Crippen LogP contribution in [0.3, 0.4) is 0 Å². The molecule has 2 heterocycles. The molecule has 0 amide bonds. The van der Waals surface area contributed by atoms with Crippen LogP contribution in [-0.4, -0.2) is 43.1 Å². The van der Waals surface area contributed by atoms with Crippen molar-refractivity contribution in [3.63, 3.8) is 0 Å². The topological polar surface area (TPSA) is 62.3 Å². The zero-order chi connectivity index (χ0) is 13.3. The number of anilines is 1. The number of nitrogens with zero attached hydrogens (tertiary/aromatic N) is 2. The molecule has 102 valence electrons. The minimum absolute atomic E-state index is 0.289. The van der Waals surface area contributed by atoms with Gasteiger partial charge in [-0.15, -0.1) is 11.3 Å². The summed E-state index contributed by atoms with van der Waals surface area (Å²) in [6.45, 7) is 1.79. The number of nitrogens with one attached hydrogen (secondary N) is 1. The van der Waals surface area contributed by atoms with Crippen molar-refractivity contribution < 1.29 is 8.42 Å². The predicted molar refractivity (Wildman–Crippen MR) is 78.1 cm³/mol. The first-order valence-electron chi connectivity index (χ1n) is 6.20. The molecule has 1 saturated heterocycles. The van der Waals surface area contributed by atoms with E-state index in [2.05, 4.69) is 10.3 Å². The van der Waals surface area contributed by atoms with Crippen molar-refractivity contribution in [2.24, 2.45) is 0 Å². The van der Waals surface area contributed by atoms with Crippen molar-refractivity contribution in [3.05, 3.63) is 23.7 Å². The molecule has 7 heteroatoms. The molecule has 0 aliphatic carbocycles. The molecular formula is C12H15N3O2S2. The smallest absolute Gasteiger partial charge is 0.214 e. The average molecular weight is 297 g/mol. The number of benzene rings is 1. The molecule has 5 nitrogen and oxygen atoms in total. The van der Waals surface area contributed by atoms with E-state index in [1.54, 1.807) is 15.6 Å². The Labute approximate surface area is 116 Å². The van der Waals surface area contributed by atoms with Crippen molar-refractivity contribution in [2.45, 2.75) is 6.42 Å². The Hall–Kier alpha value is -1.18. The highest BCUT2D eigenvalue weighted by Gasteiger charge is 2.27. The highest BCUT2D eigenvalue weighted by atomic mass is 32.2. The lowest BCUT2D eigenvalue weighted by Gasteiger charge is -2.14. The molecule has 0 bridgehead atoms. The van der Waals surface area contributed by atoms with Gasteiger partial charge < -0.3 is 5.32 Å². The number of fused-ring (bicyclic) bond motifs is 1. The fraction of sp³-hybridized carbons (Fsp3) is 0.417. The van der Waals surface area contributed by atoms with Crippen LogP contribution in [0.15, 0.2) is 23.7 Å². The van der Waals surface area contributed by atoms with Gasteiger partial charge in [0, 0.05) is 25.3 Å². The third kappa shape index (κ3) is 2.72. The van der Waals surface area contributed by atoms with Crippen LogP contribution in [0, 0.1) is 0 Å². The summed E-state index contributed by atoms with van der Waals surface area (Å²) in [6.07, 6.45) is 0.743. The average Bonchev–Trinajstić information content (AvgIpc) is 2.95. The number of sulfonamides is 1. The monoisotopic (exact) mass is 297 g/mol. The highest BCUT2D eigenvalue weighted by Crippen LogP contribution is 2.21.